The van der Waals surface area contributed by atoms with Gasteiger partial charge in [-0.1, -0.05) is 29.8 Å². The van der Waals surface area contributed by atoms with Crippen LogP contribution in [0.3, 0.4) is 0 Å². The van der Waals surface area contributed by atoms with Gasteiger partial charge in [-0.3, -0.25) is 4.57 Å². The van der Waals surface area contributed by atoms with E-state index in [1.807, 2.05) is 48.9 Å². The van der Waals surface area contributed by atoms with Crippen molar-refractivity contribution < 1.29 is 0 Å². The van der Waals surface area contributed by atoms with Crippen molar-refractivity contribution in [3.63, 3.8) is 0 Å². The van der Waals surface area contributed by atoms with E-state index in [1.54, 1.807) is 0 Å². The van der Waals surface area contributed by atoms with E-state index in [1.165, 1.54) is 0 Å². The Hall–Kier alpha value is -1.48. The topological polar surface area (TPSA) is 29.9 Å². The summed E-state index contributed by atoms with van der Waals surface area (Å²) in [6.45, 7) is 1.93. The van der Waals surface area contributed by atoms with E-state index in [4.69, 9.17) is 11.6 Å². The van der Waals surface area contributed by atoms with Crippen molar-refractivity contribution in [1.29, 1.82) is 0 Å². The van der Waals surface area contributed by atoms with E-state index in [0.717, 1.165) is 11.5 Å². The molecule has 78 valence electrons. The predicted octanol–water partition coefficient (Wildman–Crippen LogP) is 2.88. The lowest BCUT2D eigenvalue weighted by Crippen LogP contribution is -1.96. The van der Waals surface area contributed by atoms with Gasteiger partial charge in [0, 0.05) is 12.7 Å². The Morgan fingerprint density at radius 1 is 1.27 bits per heavy atom. The Morgan fingerprint density at radius 3 is 2.47 bits per heavy atom. The molecule has 3 nitrogen and oxygen atoms in total. The van der Waals surface area contributed by atoms with E-state index >= 15 is 0 Å². The van der Waals surface area contributed by atoms with Crippen molar-refractivity contribution in [2.24, 2.45) is 0 Å². The highest BCUT2D eigenvalue weighted by Crippen LogP contribution is 2.25. The molecule has 2 rings (SSSR count). The van der Waals surface area contributed by atoms with Crippen molar-refractivity contribution in [3.05, 3.63) is 41.3 Å². The molecule has 1 N–H and O–H groups in total. The van der Waals surface area contributed by atoms with E-state index < -0.39 is 0 Å². The van der Waals surface area contributed by atoms with Crippen molar-refractivity contribution in [1.82, 2.24) is 9.55 Å². The van der Waals surface area contributed by atoms with Crippen LogP contribution in [0, 0.1) is 6.92 Å². The van der Waals surface area contributed by atoms with E-state index in [0.29, 0.717) is 11.0 Å². The Bertz CT molecular complexity index is 462. The largest absolute Gasteiger partial charge is 0.371 e. The van der Waals surface area contributed by atoms with Crippen molar-refractivity contribution in [3.8, 4) is 5.69 Å². The molecule has 0 aliphatic rings. The molecular formula is C11H12ClN3. The number of rotatable bonds is 2. The first-order chi connectivity index (χ1) is 7.24. The number of hydrogen-bond acceptors (Lipinski definition) is 2. The van der Waals surface area contributed by atoms with Gasteiger partial charge in [0.1, 0.15) is 5.82 Å². The number of hydrogen-bond donors (Lipinski definition) is 1. The molecule has 0 unspecified atom stereocenters. The average molecular weight is 222 g/mol. The summed E-state index contributed by atoms with van der Waals surface area (Å²) in [7, 11) is 1.81. The van der Waals surface area contributed by atoms with Gasteiger partial charge in [-0.2, -0.15) is 0 Å². The van der Waals surface area contributed by atoms with Crippen molar-refractivity contribution >= 4 is 17.4 Å². The maximum Gasteiger partial charge on any atom is 0.164 e. The fraction of sp³-hybridized carbons (Fsp3) is 0.182. The highest BCUT2D eigenvalue weighted by molar-refractivity contribution is 6.32. The predicted molar refractivity (Wildman–Crippen MR) is 62.9 cm³/mol. The number of anilines is 1. The molecule has 0 amide bonds. The number of nitrogens with one attached hydrogen (secondary N) is 1. The number of halogens is 1. The molecule has 0 aliphatic carbocycles. The molecule has 15 heavy (non-hydrogen) atoms. The second kappa shape index (κ2) is 3.95. The number of aryl methyl sites for hydroxylation is 1. The van der Waals surface area contributed by atoms with Crippen LogP contribution in [-0.2, 0) is 0 Å². The summed E-state index contributed by atoms with van der Waals surface area (Å²) in [5.41, 5.74) is 1.02. The molecule has 0 bridgehead atoms. The van der Waals surface area contributed by atoms with Gasteiger partial charge in [0.15, 0.2) is 11.0 Å². The number of aromatic nitrogens is 2. The van der Waals surface area contributed by atoms with Crippen LogP contribution in [-0.4, -0.2) is 16.6 Å². The first kappa shape index (κ1) is 10.1. The molecule has 0 saturated heterocycles. The van der Waals surface area contributed by atoms with Gasteiger partial charge in [-0.05, 0) is 19.1 Å². The molecule has 0 radical (unpaired) electrons. The van der Waals surface area contributed by atoms with Crippen molar-refractivity contribution in [2.45, 2.75) is 6.92 Å². The molecular weight excluding hydrogens is 210 g/mol. The maximum atomic E-state index is 6.20. The first-order valence-electron chi connectivity index (χ1n) is 4.72. The third-order valence-corrected chi connectivity index (χ3v) is 2.59. The second-order valence-corrected chi connectivity index (χ2v) is 3.58. The van der Waals surface area contributed by atoms with Crippen LogP contribution >= 0.6 is 11.6 Å². The molecule has 2 aromatic rings. The standard InChI is InChI=1S/C11H12ClN3/c1-8-14-11(13-2)10(12)15(8)9-6-4-3-5-7-9/h3-7,13H,1-2H3. The van der Waals surface area contributed by atoms with Crippen LogP contribution in [0.1, 0.15) is 5.82 Å². The average Bonchev–Trinajstić information content (AvgIpc) is 2.55. The molecule has 0 fully saturated rings. The molecule has 0 saturated carbocycles. The fourth-order valence-electron chi connectivity index (χ4n) is 1.54. The van der Waals surface area contributed by atoms with Crippen LogP contribution in [0.2, 0.25) is 5.15 Å². The second-order valence-electron chi connectivity index (χ2n) is 3.22. The van der Waals surface area contributed by atoms with Crippen LogP contribution in [0.25, 0.3) is 5.69 Å². The minimum Gasteiger partial charge on any atom is -0.371 e. The third-order valence-electron chi connectivity index (χ3n) is 2.24. The zero-order valence-corrected chi connectivity index (χ0v) is 9.42. The molecule has 0 atom stereocenters. The van der Waals surface area contributed by atoms with Gasteiger partial charge in [0.2, 0.25) is 0 Å². The minimum atomic E-state index is 0.612. The molecule has 4 heteroatoms. The highest BCUT2D eigenvalue weighted by Gasteiger charge is 2.12. The van der Waals surface area contributed by atoms with E-state index in [-0.39, 0.29) is 0 Å². The maximum absolute atomic E-state index is 6.20. The monoisotopic (exact) mass is 221 g/mol. The van der Waals surface area contributed by atoms with E-state index in [9.17, 15) is 0 Å². The summed E-state index contributed by atoms with van der Waals surface area (Å²) in [6, 6.07) is 9.93. The van der Waals surface area contributed by atoms with Crippen LogP contribution in [0.4, 0.5) is 5.82 Å². The number of benzene rings is 1. The Balaban J connectivity index is 2.58. The zero-order valence-electron chi connectivity index (χ0n) is 8.66. The number of imidazole rings is 1. The SMILES string of the molecule is CNc1nc(C)n(-c2ccccc2)c1Cl. The molecule has 1 aromatic heterocycles. The molecule has 1 heterocycles. The molecule has 0 aliphatic heterocycles. The number of para-hydroxylation sites is 1. The summed E-state index contributed by atoms with van der Waals surface area (Å²) in [5.74, 6) is 1.58. The molecule has 1 aromatic carbocycles. The summed E-state index contributed by atoms with van der Waals surface area (Å²) in [4.78, 5) is 4.32. The van der Waals surface area contributed by atoms with Crippen LogP contribution in [0.5, 0.6) is 0 Å². The van der Waals surface area contributed by atoms with Crippen LogP contribution in [0.15, 0.2) is 30.3 Å². The van der Waals surface area contributed by atoms with Crippen LogP contribution < -0.4 is 5.32 Å². The fourth-order valence-corrected chi connectivity index (χ4v) is 1.90. The normalized spacial score (nSPS) is 10.3. The van der Waals surface area contributed by atoms with Gasteiger partial charge < -0.3 is 5.32 Å². The lowest BCUT2D eigenvalue weighted by Gasteiger charge is -2.05. The highest BCUT2D eigenvalue weighted by atomic mass is 35.5. The summed E-state index contributed by atoms with van der Waals surface area (Å²) in [5, 5.41) is 3.57. The van der Waals surface area contributed by atoms with Gasteiger partial charge in [0.25, 0.3) is 0 Å². The van der Waals surface area contributed by atoms with Gasteiger partial charge in [0.05, 0.1) is 0 Å². The number of nitrogens with zero attached hydrogens (tertiary/aromatic N) is 2. The van der Waals surface area contributed by atoms with Crippen molar-refractivity contribution in [2.75, 3.05) is 12.4 Å². The smallest absolute Gasteiger partial charge is 0.164 e. The van der Waals surface area contributed by atoms with Gasteiger partial charge in [-0.25, -0.2) is 4.98 Å². The quantitative estimate of drug-likeness (QED) is 0.845. The summed E-state index contributed by atoms with van der Waals surface area (Å²) < 4.78 is 1.91. The summed E-state index contributed by atoms with van der Waals surface area (Å²) in [6.07, 6.45) is 0. The zero-order chi connectivity index (χ0) is 10.8. The minimum absolute atomic E-state index is 0.612. The first-order valence-corrected chi connectivity index (χ1v) is 5.10. The van der Waals surface area contributed by atoms with E-state index in [2.05, 4.69) is 10.3 Å². The molecule has 0 spiro atoms. The third kappa shape index (κ3) is 1.70. The van der Waals surface area contributed by atoms with Gasteiger partial charge in [-0.15, -0.1) is 0 Å². The lowest BCUT2D eigenvalue weighted by molar-refractivity contribution is 0.975. The Morgan fingerprint density at radius 2 is 1.93 bits per heavy atom. The Labute approximate surface area is 93.7 Å². The summed E-state index contributed by atoms with van der Waals surface area (Å²) >= 11 is 6.20. The van der Waals surface area contributed by atoms with Gasteiger partial charge >= 0.3 is 0 Å². The Kier molecular flexibility index (Phi) is 2.64. The lowest BCUT2D eigenvalue weighted by atomic mass is 10.3.